The Morgan fingerprint density at radius 3 is 2.42 bits per heavy atom. The van der Waals surface area contributed by atoms with E-state index in [1.807, 2.05) is 0 Å². The zero-order chi connectivity index (χ0) is 14.6. The fourth-order valence-corrected chi connectivity index (χ4v) is 3.09. The highest BCUT2D eigenvalue weighted by Crippen LogP contribution is 2.35. The third kappa shape index (κ3) is 5.13. The number of esters is 1. The van der Waals surface area contributed by atoms with Crippen LogP contribution in [0.2, 0.25) is 0 Å². The summed E-state index contributed by atoms with van der Waals surface area (Å²) in [6.45, 7) is 10.8. The molecule has 0 radical (unpaired) electrons. The number of nitrogens with two attached hydrogens (primary N) is 1. The van der Waals surface area contributed by atoms with Gasteiger partial charge in [-0.05, 0) is 42.9 Å². The van der Waals surface area contributed by atoms with Crippen LogP contribution < -0.4 is 5.73 Å². The van der Waals surface area contributed by atoms with Gasteiger partial charge < -0.3 is 10.5 Å². The molecule has 0 heterocycles. The predicted octanol–water partition coefficient (Wildman–Crippen LogP) is 3.36. The number of ether oxygens (including phenoxy) is 1. The molecule has 3 nitrogen and oxygen atoms in total. The summed E-state index contributed by atoms with van der Waals surface area (Å²) in [4.78, 5) is 12.1. The van der Waals surface area contributed by atoms with Crippen LogP contribution in [0.1, 0.15) is 60.3 Å². The Morgan fingerprint density at radius 2 is 1.89 bits per heavy atom. The molecule has 1 aliphatic carbocycles. The molecule has 19 heavy (non-hydrogen) atoms. The summed E-state index contributed by atoms with van der Waals surface area (Å²) in [6.07, 6.45) is 4.16. The van der Waals surface area contributed by atoms with Crippen LogP contribution >= 0.6 is 0 Å². The summed E-state index contributed by atoms with van der Waals surface area (Å²) in [5, 5.41) is 0. The largest absolute Gasteiger partial charge is 0.461 e. The van der Waals surface area contributed by atoms with Crippen molar-refractivity contribution in [3.63, 3.8) is 0 Å². The molecule has 1 rings (SSSR count). The smallest absolute Gasteiger partial charge is 0.323 e. The van der Waals surface area contributed by atoms with Gasteiger partial charge in [0.2, 0.25) is 0 Å². The summed E-state index contributed by atoms with van der Waals surface area (Å²) in [6, 6.07) is -0.468. The molecule has 4 atom stereocenters. The fourth-order valence-electron chi connectivity index (χ4n) is 3.09. The van der Waals surface area contributed by atoms with Gasteiger partial charge >= 0.3 is 5.97 Å². The van der Waals surface area contributed by atoms with E-state index in [2.05, 4.69) is 34.6 Å². The molecular formula is C16H31NO2. The first-order valence-electron chi connectivity index (χ1n) is 7.77. The Bertz CT molecular complexity index is 288. The molecule has 3 heteroatoms. The van der Waals surface area contributed by atoms with Gasteiger partial charge in [-0.15, -0.1) is 0 Å². The quantitative estimate of drug-likeness (QED) is 0.779. The van der Waals surface area contributed by atoms with Crippen molar-refractivity contribution in [2.45, 2.75) is 72.4 Å². The van der Waals surface area contributed by atoms with Gasteiger partial charge in [-0.1, -0.05) is 41.0 Å². The Kier molecular flexibility index (Phi) is 6.31. The van der Waals surface area contributed by atoms with E-state index in [-0.39, 0.29) is 12.1 Å². The Labute approximate surface area is 118 Å². The van der Waals surface area contributed by atoms with Crippen molar-refractivity contribution in [3.8, 4) is 0 Å². The van der Waals surface area contributed by atoms with Crippen molar-refractivity contribution in [2.75, 3.05) is 0 Å². The van der Waals surface area contributed by atoms with Crippen LogP contribution in [-0.4, -0.2) is 18.1 Å². The second kappa shape index (κ2) is 7.28. The molecule has 1 aliphatic rings. The van der Waals surface area contributed by atoms with Crippen LogP contribution in [0.15, 0.2) is 0 Å². The zero-order valence-electron chi connectivity index (χ0n) is 13.2. The normalized spacial score (nSPS) is 29.6. The fraction of sp³-hybridized carbons (Fsp3) is 0.938. The third-order valence-corrected chi connectivity index (χ3v) is 4.26. The highest BCUT2D eigenvalue weighted by molar-refractivity contribution is 5.75. The first-order chi connectivity index (χ1) is 8.81. The van der Waals surface area contributed by atoms with Crippen molar-refractivity contribution < 1.29 is 9.53 Å². The lowest BCUT2D eigenvalue weighted by atomic mass is 9.75. The lowest BCUT2D eigenvalue weighted by Gasteiger charge is -2.37. The second-order valence-corrected chi connectivity index (χ2v) is 7.04. The Hall–Kier alpha value is -0.570. The minimum Gasteiger partial charge on any atom is -0.461 e. The molecule has 2 N–H and O–H groups in total. The van der Waals surface area contributed by atoms with Crippen molar-refractivity contribution in [1.29, 1.82) is 0 Å². The minimum atomic E-state index is -0.468. The first-order valence-corrected chi connectivity index (χ1v) is 7.77. The third-order valence-electron chi connectivity index (χ3n) is 4.26. The summed E-state index contributed by atoms with van der Waals surface area (Å²) in [7, 11) is 0. The average Bonchev–Trinajstić information content (AvgIpc) is 2.27. The van der Waals surface area contributed by atoms with Gasteiger partial charge in [0.25, 0.3) is 0 Å². The number of carbonyl (C=O) groups is 1. The molecule has 112 valence electrons. The highest BCUT2D eigenvalue weighted by atomic mass is 16.5. The van der Waals surface area contributed by atoms with E-state index in [0.29, 0.717) is 30.1 Å². The van der Waals surface area contributed by atoms with E-state index in [4.69, 9.17) is 10.5 Å². The van der Waals surface area contributed by atoms with Crippen LogP contribution in [0.25, 0.3) is 0 Å². The predicted molar refractivity (Wildman–Crippen MR) is 78.7 cm³/mol. The van der Waals surface area contributed by atoms with E-state index in [0.717, 1.165) is 12.8 Å². The number of rotatable bonds is 5. The van der Waals surface area contributed by atoms with Gasteiger partial charge in [-0.2, -0.15) is 0 Å². The van der Waals surface area contributed by atoms with Gasteiger partial charge in [0.1, 0.15) is 12.1 Å². The van der Waals surface area contributed by atoms with Crippen LogP contribution in [0.5, 0.6) is 0 Å². The average molecular weight is 269 g/mol. The molecule has 0 aromatic rings. The van der Waals surface area contributed by atoms with Gasteiger partial charge in [0.05, 0.1) is 0 Å². The molecule has 1 saturated carbocycles. The van der Waals surface area contributed by atoms with Crippen LogP contribution in [-0.2, 0) is 9.53 Å². The summed E-state index contributed by atoms with van der Waals surface area (Å²) in [5.41, 5.74) is 5.92. The molecular weight excluding hydrogens is 238 g/mol. The lowest BCUT2D eigenvalue weighted by Crippen LogP contribution is -2.41. The van der Waals surface area contributed by atoms with Gasteiger partial charge in [0, 0.05) is 0 Å². The van der Waals surface area contributed by atoms with Crippen molar-refractivity contribution in [3.05, 3.63) is 0 Å². The minimum absolute atomic E-state index is 0.0643. The molecule has 0 bridgehead atoms. The number of carbonyl (C=O) groups excluding carboxylic acids is 1. The van der Waals surface area contributed by atoms with E-state index in [1.54, 1.807) is 0 Å². The number of hydrogen-bond acceptors (Lipinski definition) is 3. The van der Waals surface area contributed by atoms with Gasteiger partial charge in [-0.3, -0.25) is 4.79 Å². The molecule has 0 amide bonds. The van der Waals surface area contributed by atoms with E-state index in [1.165, 1.54) is 6.42 Å². The Morgan fingerprint density at radius 1 is 1.26 bits per heavy atom. The van der Waals surface area contributed by atoms with E-state index < -0.39 is 6.04 Å². The highest BCUT2D eigenvalue weighted by Gasteiger charge is 2.34. The summed E-state index contributed by atoms with van der Waals surface area (Å²) < 4.78 is 5.73. The molecule has 0 spiro atoms. The molecule has 0 aliphatic heterocycles. The zero-order valence-corrected chi connectivity index (χ0v) is 13.2. The second-order valence-electron chi connectivity index (χ2n) is 7.04. The summed E-state index contributed by atoms with van der Waals surface area (Å²) in [5.74, 6) is 1.92. The maximum absolute atomic E-state index is 12.1. The molecule has 1 unspecified atom stereocenters. The molecule has 0 saturated heterocycles. The van der Waals surface area contributed by atoms with Gasteiger partial charge in [0.15, 0.2) is 0 Å². The maximum atomic E-state index is 12.1. The topological polar surface area (TPSA) is 52.3 Å². The van der Waals surface area contributed by atoms with Crippen molar-refractivity contribution in [2.24, 2.45) is 29.4 Å². The lowest BCUT2D eigenvalue weighted by molar-refractivity contribution is -0.157. The number of hydrogen-bond donors (Lipinski definition) is 1. The Balaban J connectivity index is 2.58. The van der Waals surface area contributed by atoms with E-state index in [9.17, 15) is 4.79 Å². The van der Waals surface area contributed by atoms with Crippen LogP contribution in [0.3, 0.4) is 0 Å². The maximum Gasteiger partial charge on any atom is 0.323 e. The van der Waals surface area contributed by atoms with Gasteiger partial charge in [-0.25, -0.2) is 0 Å². The molecule has 1 fully saturated rings. The standard InChI is InChI=1S/C16H31NO2/c1-10(2)8-14(17)16(18)19-15-9-12(5)6-7-13(15)11(3)4/h10-15H,6-9,17H2,1-5H3/t12-,13?,14+,15-/m1/s1. The monoisotopic (exact) mass is 269 g/mol. The SMILES string of the molecule is CC(C)C[C@H](N)C(=O)O[C@@H]1C[C@H](C)CCC1C(C)C. The van der Waals surface area contributed by atoms with Crippen LogP contribution in [0, 0.1) is 23.7 Å². The first kappa shape index (κ1) is 16.5. The van der Waals surface area contributed by atoms with Crippen molar-refractivity contribution in [1.82, 2.24) is 0 Å². The molecule has 0 aromatic carbocycles. The van der Waals surface area contributed by atoms with E-state index >= 15 is 0 Å². The van der Waals surface area contributed by atoms with Crippen molar-refractivity contribution >= 4 is 5.97 Å². The van der Waals surface area contributed by atoms with Crippen LogP contribution in [0.4, 0.5) is 0 Å². The summed E-state index contributed by atoms with van der Waals surface area (Å²) >= 11 is 0. The molecule has 0 aromatic heterocycles.